The Kier molecular flexibility index (Phi) is 20.5. The summed E-state index contributed by atoms with van der Waals surface area (Å²) in [5, 5.41) is 12.8. The number of nitrogens with two attached hydrogens (primary N) is 1. The molecule has 0 spiro atoms. The Morgan fingerprint density at radius 2 is 1.19 bits per heavy atom. The molecule has 8 rings (SSSR count). The lowest BCUT2D eigenvalue weighted by Crippen LogP contribution is -2.39. The minimum atomic E-state index is -4.42. The zero-order chi connectivity index (χ0) is 52.1. The number of hydrazone groups is 1. The average Bonchev–Trinajstić information content (AvgIpc) is 3.39. The van der Waals surface area contributed by atoms with Gasteiger partial charge in [-0.2, -0.15) is 41.4 Å². The highest BCUT2D eigenvalue weighted by Crippen LogP contribution is 2.32. The molecule has 0 radical (unpaired) electrons. The predicted molar refractivity (Wildman–Crippen MR) is 257 cm³/mol. The summed E-state index contributed by atoms with van der Waals surface area (Å²) >= 11 is 0. The van der Waals surface area contributed by atoms with Gasteiger partial charge in [0, 0.05) is 64.2 Å². The molecule has 0 amide bonds. The summed E-state index contributed by atoms with van der Waals surface area (Å²) in [6, 6.07) is 16.5. The van der Waals surface area contributed by atoms with E-state index in [1.54, 1.807) is 24.3 Å². The molecule has 7 N–H and O–H groups in total. The second-order valence-electron chi connectivity index (χ2n) is 15.8. The number of rotatable bonds is 17. The summed E-state index contributed by atoms with van der Waals surface area (Å²) in [6.45, 7) is 9.06. The third-order valence-electron chi connectivity index (χ3n) is 10.5. The molecule has 388 valence electrons. The van der Waals surface area contributed by atoms with Crippen molar-refractivity contribution in [2.24, 2.45) is 10.9 Å². The Bertz CT molecular complexity index is 2670. The quantitative estimate of drug-likeness (QED) is 0.0176. The first-order chi connectivity index (χ1) is 35.1. The van der Waals surface area contributed by atoms with Crippen LogP contribution >= 0.6 is 0 Å². The van der Waals surface area contributed by atoms with Gasteiger partial charge in [0.15, 0.2) is 29.6 Å². The number of aldehydes is 1. The fourth-order valence-corrected chi connectivity index (χ4v) is 6.78. The number of hydrogen-bond acceptors (Lipinski definition) is 18. The summed E-state index contributed by atoms with van der Waals surface area (Å²) < 4.78 is 114. The third-order valence-corrected chi connectivity index (χ3v) is 10.5. The van der Waals surface area contributed by atoms with Gasteiger partial charge in [-0.1, -0.05) is 30.3 Å². The van der Waals surface area contributed by atoms with E-state index in [-0.39, 0.29) is 29.2 Å². The summed E-state index contributed by atoms with van der Waals surface area (Å²) in [5.74, 6) is 4.62. The maximum atomic E-state index is 14.0. The van der Waals surface area contributed by atoms with Crippen LogP contribution in [0, 0.1) is 11.6 Å². The number of hydrogen-bond donors (Lipinski definition) is 6. The fourth-order valence-electron chi connectivity index (χ4n) is 6.78. The highest BCUT2D eigenvalue weighted by Gasteiger charge is 2.31. The van der Waals surface area contributed by atoms with Crippen LogP contribution in [0.15, 0.2) is 103 Å². The minimum absolute atomic E-state index is 0.0686. The smallest absolute Gasteiger partial charge is 0.379 e. The molecule has 2 aliphatic heterocycles. The molecule has 4 aromatic heterocycles. The van der Waals surface area contributed by atoms with Gasteiger partial charge in [0.05, 0.1) is 73.7 Å². The van der Waals surface area contributed by atoms with Gasteiger partial charge in [-0.3, -0.25) is 30.0 Å². The first-order valence-electron chi connectivity index (χ1n) is 22.5. The van der Waals surface area contributed by atoms with Crippen LogP contribution in [0.5, 0.6) is 0 Å². The number of morpholine rings is 2. The van der Waals surface area contributed by atoms with Gasteiger partial charge in [0.1, 0.15) is 5.69 Å². The number of halogens is 8. The summed E-state index contributed by atoms with van der Waals surface area (Å²) in [7, 11) is 0. The topological polar surface area (TPSA) is 218 Å². The van der Waals surface area contributed by atoms with Crippen LogP contribution in [-0.4, -0.2) is 131 Å². The summed E-state index contributed by atoms with van der Waals surface area (Å²) in [5.41, 5.74) is 6.38. The van der Waals surface area contributed by atoms with Crippen molar-refractivity contribution in [2.45, 2.75) is 18.8 Å². The molecule has 2 aliphatic rings. The van der Waals surface area contributed by atoms with E-state index >= 15 is 0 Å². The van der Waals surface area contributed by atoms with Gasteiger partial charge in [-0.15, -0.1) is 0 Å². The molecule has 0 bridgehead atoms. The monoisotopic (exact) mass is 1030 g/mol. The van der Waals surface area contributed by atoms with E-state index in [0.717, 1.165) is 94.7 Å². The number of ether oxygens (including phenoxy) is 2. The van der Waals surface area contributed by atoms with E-state index < -0.39 is 35.1 Å². The lowest BCUT2D eigenvalue weighted by molar-refractivity contribution is -0.138. The molecule has 2 aromatic carbocycles. The fraction of sp³-hybridized carbons (Fsp3) is 0.319. The van der Waals surface area contributed by atoms with Crippen LogP contribution in [0.2, 0.25) is 0 Å². The van der Waals surface area contributed by atoms with Crippen molar-refractivity contribution >= 4 is 47.4 Å². The Balaban J connectivity index is 0.000000197. The van der Waals surface area contributed by atoms with Crippen molar-refractivity contribution in [2.75, 3.05) is 106 Å². The van der Waals surface area contributed by atoms with Crippen molar-refractivity contribution in [3.05, 3.63) is 143 Å². The van der Waals surface area contributed by atoms with Crippen LogP contribution in [0.3, 0.4) is 0 Å². The highest BCUT2D eigenvalue weighted by molar-refractivity contribution is 5.78. The van der Waals surface area contributed by atoms with Gasteiger partial charge >= 0.3 is 12.4 Å². The SMILES string of the molecule is Fc1cnc(N/N=C/c2ccc(Nc3cccc(C(F)(F)F)c3)cn2)nc1NCCN1CCOCC1.NNc1ncc(F)c(NCCN2CCOCC2)n1.O=Cc1ccc(Cc2cccc(C(F)(F)F)c2)cn1. The third kappa shape index (κ3) is 18.6. The van der Waals surface area contributed by atoms with Crippen LogP contribution in [0.25, 0.3) is 0 Å². The minimum Gasteiger partial charge on any atom is -0.379 e. The van der Waals surface area contributed by atoms with E-state index in [1.807, 2.05) is 0 Å². The number of anilines is 6. The Morgan fingerprint density at radius 3 is 1.74 bits per heavy atom. The largest absolute Gasteiger partial charge is 0.416 e. The van der Waals surface area contributed by atoms with Crippen LogP contribution in [0.1, 0.15) is 38.4 Å². The molecule has 0 saturated carbocycles. The van der Waals surface area contributed by atoms with E-state index in [0.29, 0.717) is 61.6 Å². The lowest BCUT2D eigenvalue weighted by Gasteiger charge is -2.26. The average molecular weight is 1030 g/mol. The number of carbonyl (C=O) groups excluding carboxylic acids is 1. The number of nitrogens with zero attached hydrogens (tertiary/aromatic N) is 9. The molecule has 2 fully saturated rings. The van der Waals surface area contributed by atoms with Crippen LogP contribution in [-0.2, 0) is 28.2 Å². The molecule has 0 atom stereocenters. The molecular formula is C47H51F8N15O3. The molecule has 2 saturated heterocycles. The number of nitrogens with one attached hydrogen (secondary N) is 5. The van der Waals surface area contributed by atoms with E-state index in [2.05, 4.69) is 71.6 Å². The molecule has 26 heteroatoms. The van der Waals surface area contributed by atoms with Crippen molar-refractivity contribution in [1.29, 1.82) is 0 Å². The Hall–Kier alpha value is -7.52. The van der Waals surface area contributed by atoms with Crippen LogP contribution < -0.4 is 32.6 Å². The number of pyridine rings is 2. The van der Waals surface area contributed by atoms with Crippen molar-refractivity contribution in [3.63, 3.8) is 0 Å². The molecule has 6 heterocycles. The first kappa shape index (κ1) is 54.8. The zero-order valence-corrected chi connectivity index (χ0v) is 38.9. The van der Waals surface area contributed by atoms with Crippen LogP contribution in [0.4, 0.5) is 70.0 Å². The number of carbonyl (C=O) groups is 1. The number of alkyl halides is 6. The number of nitrogen functional groups attached to an aromatic ring is 1. The standard InChI is InChI=1S/C23H24F4N8O.C14H10F3NO.C10H17FN6O/c24-20-15-30-22(33-21(20)28-6-7-35-8-10-36-11-9-35)34-31-14-18-4-5-19(13-29-18)32-17-3-1-2-16(12-17)23(25,26)27;15-14(16,17)12-3-1-2-10(7-12)6-11-4-5-13(9-19)18-8-11;11-8-7-14-10(16-12)15-9(8)13-1-2-17-3-5-18-6-4-17/h1-5,12-15,32H,6-11H2,(H2,28,30,33,34);1-5,7-9H,6H2;7H,1-6,12H2,(H2,13,14,15,16)/b31-14+;;. The second kappa shape index (κ2) is 27.3. The molecule has 18 nitrogen and oxygen atoms in total. The summed E-state index contributed by atoms with van der Waals surface area (Å²) in [4.78, 5) is 38.5. The van der Waals surface area contributed by atoms with E-state index in [4.69, 9.17) is 15.3 Å². The normalized spacial score (nSPS) is 14.3. The number of aromatic nitrogens is 6. The zero-order valence-electron chi connectivity index (χ0n) is 38.9. The molecule has 0 unspecified atom stereocenters. The van der Waals surface area contributed by atoms with E-state index in [9.17, 15) is 39.9 Å². The lowest BCUT2D eigenvalue weighted by atomic mass is 10.0. The Labute approximate surface area is 413 Å². The Morgan fingerprint density at radius 1 is 0.630 bits per heavy atom. The molecule has 6 aromatic rings. The summed E-state index contributed by atoms with van der Waals surface area (Å²) in [6.07, 6.45) is -1.30. The van der Waals surface area contributed by atoms with Gasteiger partial charge in [-0.25, -0.2) is 30.0 Å². The van der Waals surface area contributed by atoms with Gasteiger partial charge in [0.2, 0.25) is 11.9 Å². The first-order valence-corrected chi connectivity index (χ1v) is 22.5. The number of hydrazine groups is 1. The van der Waals surface area contributed by atoms with Crippen molar-refractivity contribution in [1.82, 2.24) is 39.7 Å². The predicted octanol–water partition coefficient (Wildman–Crippen LogP) is 7.11. The van der Waals surface area contributed by atoms with Crippen molar-refractivity contribution in [3.8, 4) is 0 Å². The van der Waals surface area contributed by atoms with Crippen molar-refractivity contribution < 1.29 is 49.4 Å². The number of benzene rings is 2. The van der Waals surface area contributed by atoms with Gasteiger partial charge in [-0.05, 0) is 60.0 Å². The second-order valence-corrected chi connectivity index (χ2v) is 15.8. The molecular weight excluding hydrogens is 975 g/mol. The van der Waals surface area contributed by atoms with E-state index in [1.165, 1.54) is 42.9 Å². The maximum Gasteiger partial charge on any atom is 0.416 e. The van der Waals surface area contributed by atoms with Gasteiger partial charge < -0.3 is 25.4 Å². The maximum absolute atomic E-state index is 14.0. The molecule has 73 heavy (non-hydrogen) atoms. The highest BCUT2D eigenvalue weighted by atomic mass is 19.4. The van der Waals surface area contributed by atoms with Gasteiger partial charge in [0.25, 0.3) is 0 Å². The molecule has 0 aliphatic carbocycles.